The van der Waals surface area contributed by atoms with Gasteiger partial charge in [-0.2, -0.15) is 0 Å². The fraction of sp³-hybridized carbons (Fsp3) is 0.647. The molecule has 0 aliphatic heterocycles. The van der Waals surface area contributed by atoms with E-state index in [4.69, 9.17) is 4.74 Å². The van der Waals surface area contributed by atoms with Crippen LogP contribution in [0.4, 0.5) is 0 Å². The summed E-state index contributed by atoms with van der Waals surface area (Å²) in [6.45, 7) is 0. The molecule has 0 amide bonds. The van der Waals surface area contributed by atoms with Crippen LogP contribution in [0.5, 0.6) is 5.75 Å². The molecule has 19 heavy (non-hydrogen) atoms. The molecule has 2 saturated carbocycles. The normalized spacial score (nSPS) is 30.5. The highest BCUT2D eigenvalue weighted by Gasteiger charge is 2.40. The van der Waals surface area contributed by atoms with Crippen LogP contribution in [0.25, 0.3) is 0 Å². The maximum absolute atomic E-state index is 5.34. The number of methoxy groups -OCH3 is 1. The lowest BCUT2D eigenvalue weighted by Crippen LogP contribution is -2.22. The molecule has 0 spiro atoms. The molecule has 2 heteroatoms. The van der Waals surface area contributed by atoms with Crippen LogP contribution < -0.4 is 10.1 Å². The minimum absolute atomic E-state index is 0.472. The van der Waals surface area contributed by atoms with Crippen molar-refractivity contribution in [3.63, 3.8) is 0 Å². The molecule has 2 bridgehead atoms. The minimum atomic E-state index is 0.472. The first-order chi connectivity index (χ1) is 9.30. The Kier molecular flexibility index (Phi) is 3.79. The molecule has 0 radical (unpaired) electrons. The van der Waals surface area contributed by atoms with Crippen molar-refractivity contribution >= 4 is 0 Å². The van der Waals surface area contributed by atoms with E-state index in [-0.39, 0.29) is 0 Å². The summed E-state index contributed by atoms with van der Waals surface area (Å²) >= 11 is 0. The van der Waals surface area contributed by atoms with Gasteiger partial charge in [0.15, 0.2) is 0 Å². The van der Waals surface area contributed by atoms with Crippen LogP contribution in [0.1, 0.15) is 43.7 Å². The lowest BCUT2D eigenvalue weighted by atomic mass is 9.83. The molecule has 2 nitrogen and oxygen atoms in total. The third-order valence-corrected chi connectivity index (χ3v) is 5.27. The molecule has 0 saturated heterocycles. The maximum Gasteiger partial charge on any atom is 0.119 e. The van der Waals surface area contributed by atoms with Gasteiger partial charge in [-0.15, -0.1) is 0 Å². The van der Waals surface area contributed by atoms with Crippen molar-refractivity contribution in [1.29, 1.82) is 0 Å². The number of rotatable bonds is 5. The van der Waals surface area contributed by atoms with Crippen molar-refractivity contribution in [2.75, 3.05) is 14.2 Å². The van der Waals surface area contributed by atoms with E-state index in [1.54, 1.807) is 7.11 Å². The van der Waals surface area contributed by atoms with Crippen LogP contribution in [0.3, 0.4) is 0 Å². The van der Waals surface area contributed by atoms with Crippen molar-refractivity contribution in [3.05, 3.63) is 29.8 Å². The molecule has 2 aliphatic carbocycles. The summed E-state index contributed by atoms with van der Waals surface area (Å²) in [5.74, 6) is 3.94. The fourth-order valence-electron chi connectivity index (χ4n) is 4.25. The zero-order valence-corrected chi connectivity index (χ0v) is 12.1. The Hall–Kier alpha value is -1.02. The number of nitrogens with one attached hydrogen (secondary N) is 1. The predicted molar refractivity (Wildman–Crippen MR) is 78.3 cm³/mol. The molecule has 104 valence electrons. The Labute approximate surface area is 116 Å². The van der Waals surface area contributed by atoms with Gasteiger partial charge in [0.2, 0.25) is 0 Å². The number of hydrogen-bond acceptors (Lipinski definition) is 2. The Balaban J connectivity index is 1.69. The van der Waals surface area contributed by atoms with Gasteiger partial charge in [0.05, 0.1) is 7.11 Å². The topological polar surface area (TPSA) is 21.3 Å². The summed E-state index contributed by atoms with van der Waals surface area (Å²) in [7, 11) is 3.82. The van der Waals surface area contributed by atoms with Crippen molar-refractivity contribution in [3.8, 4) is 5.75 Å². The zero-order valence-electron chi connectivity index (χ0n) is 12.1. The summed E-state index contributed by atoms with van der Waals surface area (Å²) < 4.78 is 5.34. The van der Waals surface area contributed by atoms with Crippen molar-refractivity contribution in [1.82, 2.24) is 5.32 Å². The van der Waals surface area contributed by atoms with E-state index >= 15 is 0 Å². The third-order valence-electron chi connectivity index (χ3n) is 5.27. The van der Waals surface area contributed by atoms with Gasteiger partial charge in [-0.1, -0.05) is 18.6 Å². The molecule has 4 unspecified atom stereocenters. The molecule has 3 rings (SSSR count). The van der Waals surface area contributed by atoms with Crippen LogP contribution in [0, 0.1) is 17.8 Å². The fourth-order valence-corrected chi connectivity index (χ4v) is 4.25. The Morgan fingerprint density at radius 3 is 2.84 bits per heavy atom. The first-order valence-electron chi connectivity index (χ1n) is 7.61. The summed E-state index contributed by atoms with van der Waals surface area (Å²) in [4.78, 5) is 0. The van der Waals surface area contributed by atoms with Gasteiger partial charge in [-0.05, 0) is 68.2 Å². The van der Waals surface area contributed by atoms with Gasteiger partial charge in [0.1, 0.15) is 5.75 Å². The highest BCUT2D eigenvalue weighted by molar-refractivity contribution is 5.30. The SMILES string of the molecule is CNC(CC1CC2CCC1C2)c1cccc(OC)c1. The molecule has 0 heterocycles. The Morgan fingerprint density at radius 2 is 2.21 bits per heavy atom. The average molecular weight is 259 g/mol. The van der Waals surface area contributed by atoms with Gasteiger partial charge in [-0.3, -0.25) is 0 Å². The number of ether oxygens (including phenoxy) is 1. The van der Waals surface area contributed by atoms with Gasteiger partial charge in [0.25, 0.3) is 0 Å². The molecule has 1 N–H and O–H groups in total. The molecule has 2 aliphatic rings. The molecule has 4 atom stereocenters. The first kappa shape index (κ1) is 13.0. The van der Waals surface area contributed by atoms with Gasteiger partial charge >= 0.3 is 0 Å². The van der Waals surface area contributed by atoms with E-state index in [0.717, 1.165) is 23.5 Å². The molecule has 1 aromatic rings. The van der Waals surface area contributed by atoms with Crippen molar-refractivity contribution in [2.45, 2.75) is 38.1 Å². The van der Waals surface area contributed by atoms with Gasteiger partial charge in [-0.25, -0.2) is 0 Å². The van der Waals surface area contributed by atoms with Crippen molar-refractivity contribution < 1.29 is 4.74 Å². The van der Waals surface area contributed by atoms with Crippen LogP contribution in [0.15, 0.2) is 24.3 Å². The minimum Gasteiger partial charge on any atom is -0.497 e. The lowest BCUT2D eigenvalue weighted by molar-refractivity contribution is 0.284. The molecular weight excluding hydrogens is 234 g/mol. The van der Waals surface area contributed by atoms with E-state index in [9.17, 15) is 0 Å². The summed E-state index contributed by atoms with van der Waals surface area (Å²) in [5.41, 5.74) is 1.37. The summed E-state index contributed by atoms with van der Waals surface area (Å²) in [6.07, 6.45) is 7.21. The van der Waals surface area contributed by atoms with E-state index in [1.165, 1.54) is 37.7 Å². The van der Waals surface area contributed by atoms with E-state index in [2.05, 4.69) is 30.6 Å². The van der Waals surface area contributed by atoms with Crippen LogP contribution in [-0.4, -0.2) is 14.2 Å². The Morgan fingerprint density at radius 1 is 1.32 bits per heavy atom. The third kappa shape index (κ3) is 2.64. The monoisotopic (exact) mass is 259 g/mol. The van der Waals surface area contributed by atoms with Crippen molar-refractivity contribution in [2.24, 2.45) is 17.8 Å². The number of hydrogen-bond donors (Lipinski definition) is 1. The second-order valence-electron chi connectivity index (χ2n) is 6.29. The molecule has 1 aromatic carbocycles. The quantitative estimate of drug-likeness (QED) is 0.869. The Bertz CT molecular complexity index is 431. The van der Waals surface area contributed by atoms with Crippen LogP contribution >= 0.6 is 0 Å². The molecule has 0 aromatic heterocycles. The average Bonchev–Trinajstić information content (AvgIpc) is 3.07. The largest absolute Gasteiger partial charge is 0.497 e. The van der Waals surface area contributed by atoms with Gasteiger partial charge < -0.3 is 10.1 Å². The highest BCUT2D eigenvalue weighted by atomic mass is 16.5. The maximum atomic E-state index is 5.34. The predicted octanol–water partition coefficient (Wildman–Crippen LogP) is 3.78. The lowest BCUT2D eigenvalue weighted by Gasteiger charge is -2.27. The van der Waals surface area contributed by atoms with E-state index < -0.39 is 0 Å². The smallest absolute Gasteiger partial charge is 0.119 e. The van der Waals surface area contributed by atoms with E-state index in [0.29, 0.717) is 6.04 Å². The first-order valence-corrected chi connectivity index (χ1v) is 7.61. The zero-order chi connectivity index (χ0) is 13.2. The molecular formula is C17H25NO. The van der Waals surface area contributed by atoms with Crippen LogP contribution in [-0.2, 0) is 0 Å². The number of fused-ring (bicyclic) bond motifs is 2. The van der Waals surface area contributed by atoms with Crippen LogP contribution in [0.2, 0.25) is 0 Å². The highest BCUT2D eigenvalue weighted by Crippen LogP contribution is 2.50. The summed E-state index contributed by atoms with van der Waals surface area (Å²) in [6, 6.07) is 8.98. The number of benzene rings is 1. The molecule has 2 fully saturated rings. The standard InChI is InChI=1S/C17H25NO/c1-18-17(14-4-3-5-16(10-14)19-2)11-15-9-12-6-7-13(15)8-12/h3-5,10,12-13,15,17-18H,6-9,11H2,1-2H3. The second kappa shape index (κ2) is 5.54. The van der Waals surface area contributed by atoms with Gasteiger partial charge in [0, 0.05) is 6.04 Å². The van der Waals surface area contributed by atoms with E-state index in [1.807, 2.05) is 6.07 Å². The second-order valence-corrected chi connectivity index (χ2v) is 6.29. The summed E-state index contributed by atoms with van der Waals surface area (Å²) in [5, 5.41) is 3.50.